The molecular weight excluding hydrogens is 1250 g/mol. The van der Waals surface area contributed by atoms with Gasteiger partial charge in [-0.1, -0.05) is 78.6 Å². The summed E-state index contributed by atoms with van der Waals surface area (Å²) in [7, 11) is -4.81. The van der Waals surface area contributed by atoms with Crippen LogP contribution in [0.3, 0.4) is 0 Å². The molecule has 4 aliphatic rings. The predicted octanol–water partition coefficient (Wildman–Crippen LogP) is 15.0. The average Bonchev–Trinajstić information content (AvgIpc) is 3.26. The number of rotatable bonds is 24. The Morgan fingerprint density at radius 1 is 0.541 bits per heavy atom. The van der Waals surface area contributed by atoms with Crippen LogP contribution < -0.4 is 9.80 Å². The Morgan fingerprint density at radius 3 is 1.25 bits per heavy atom. The molecule has 23 heteroatoms. The van der Waals surface area contributed by atoms with E-state index in [9.17, 15) is 9.59 Å². The van der Waals surface area contributed by atoms with E-state index in [1.54, 1.807) is 0 Å². The quantitative estimate of drug-likeness (QED) is 0.0282. The Balaban J connectivity index is 0.000000244. The number of hydrogen-bond acceptors (Lipinski definition) is 14. The van der Waals surface area contributed by atoms with Crippen molar-refractivity contribution in [3.05, 3.63) is 45.6 Å². The first kappa shape index (κ1) is 69.3. The molecule has 0 N–H and O–H groups in total. The van der Waals surface area contributed by atoms with Crippen LogP contribution in [0.15, 0.2) is 30.6 Å². The second-order valence-corrected chi connectivity index (χ2v) is 55.1. The van der Waals surface area contributed by atoms with Gasteiger partial charge in [-0.25, -0.2) is 19.6 Å². The van der Waals surface area contributed by atoms with Gasteiger partial charge in [-0.05, 0) is 153 Å². The molecule has 4 saturated heterocycles. The number of amides is 2. The summed E-state index contributed by atoms with van der Waals surface area (Å²) < 4.78 is 41.6. The van der Waals surface area contributed by atoms with Crippen LogP contribution in [0.2, 0.25) is 103 Å². The van der Waals surface area contributed by atoms with Gasteiger partial charge in [0.05, 0.1) is 16.0 Å². The van der Waals surface area contributed by atoms with E-state index >= 15 is 0 Å². The number of hydrogen-bond donors (Lipinski definition) is 0. The number of nitrogens with zero attached hydrogens (tertiary/aromatic N) is 10. The number of halogens is 1. The Bertz CT molecular complexity index is 2730. The number of carbonyl (C=O) groups excluding carboxylic acids is 2. The Hall–Kier alpha value is -3.18. The normalized spacial score (nSPS) is 21.4. The van der Waals surface area contributed by atoms with Gasteiger partial charge in [0.25, 0.3) is 0 Å². The maximum atomic E-state index is 13.2. The molecule has 4 aromatic rings. The monoisotopic (exact) mass is 1360 g/mol. The molecule has 478 valence electrons. The molecule has 0 aromatic carbocycles. The molecule has 4 unspecified atom stereocenters. The first-order chi connectivity index (χ1) is 39.6. The highest BCUT2D eigenvalue weighted by Gasteiger charge is 2.45. The number of fused-ring (bicyclic) bond motifs is 6. The predicted molar refractivity (Wildman–Crippen MR) is 362 cm³/mol. The molecule has 4 atom stereocenters. The second-order valence-electron chi connectivity index (χ2n) is 31.5. The van der Waals surface area contributed by atoms with Crippen molar-refractivity contribution in [2.45, 2.75) is 256 Å². The third-order valence-electron chi connectivity index (χ3n) is 16.4. The lowest BCUT2D eigenvalue weighted by molar-refractivity contribution is -0.0228. The summed E-state index contributed by atoms with van der Waals surface area (Å²) in [5.74, 6) is 2.41. The van der Waals surface area contributed by atoms with Crippen LogP contribution in [0, 0.1) is 3.57 Å². The van der Waals surface area contributed by atoms with E-state index in [0.29, 0.717) is 26.9 Å². The van der Waals surface area contributed by atoms with Gasteiger partial charge in [0.2, 0.25) is 0 Å². The van der Waals surface area contributed by atoms with E-state index in [0.717, 1.165) is 153 Å². The lowest BCUT2D eigenvalue weighted by atomic mass is 9.77. The summed E-state index contributed by atoms with van der Waals surface area (Å²) in [5, 5.41) is 9.36. The lowest BCUT2D eigenvalue weighted by Crippen LogP contribution is -2.55. The maximum absolute atomic E-state index is 13.2. The first-order valence-electron chi connectivity index (χ1n) is 31.8. The van der Waals surface area contributed by atoms with E-state index in [1.165, 1.54) is 0 Å². The van der Waals surface area contributed by atoms with Crippen LogP contribution in [0.1, 0.15) is 129 Å². The van der Waals surface area contributed by atoms with Crippen molar-refractivity contribution >= 4 is 90.0 Å². The van der Waals surface area contributed by atoms with E-state index in [1.807, 2.05) is 78.8 Å². The number of aromatic nitrogens is 6. The van der Waals surface area contributed by atoms with Crippen LogP contribution in [0.25, 0.3) is 11.3 Å². The van der Waals surface area contributed by atoms with Crippen molar-refractivity contribution in [3.63, 3.8) is 0 Å². The number of ether oxygens (including phenoxy) is 6. The molecule has 18 nitrogen and oxygen atoms in total. The summed E-state index contributed by atoms with van der Waals surface area (Å²) in [6.07, 6.45) is 13.3. The van der Waals surface area contributed by atoms with Gasteiger partial charge in [-0.15, -0.1) is 0 Å². The van der Waals surface area contributed by atoms with Crippen molar-refractivity contribution in [1.82, 2.24) is 39.0 Å². The molecular formula is C62H109IN10O8Si4. The minimum absolute atomic E-state index is 0.170. The molecule has 4 aliphatic heterocycles. The summed E-state index contributed by atoms with van der Waals surface area (Å²) in [4.78, 5) is 45.1. The fourth-order valence-electron chi connectivity index (χ4n) is 11.7. The third-order valence-corrected chi connectivity index (χ3v) is 24.0. The lowest BCUT2D eigenvalue weighted by Gasteiger charge is -2.48. The highest BCUT2D eigenvalue weighted by atomic mass is 127. The Labute approximate surface area is 528 Å². The highest BCUT2D eigenvalue weighted by Crippen LogP contribution is 2.44. The average molecular weight is 1360 g/mol. The SMILES string of the molecule is CC(C)(C)OC(=O)N1C2CCCC1CC(c1cc(N(COCC[Si](C)(C)C)COCC[Si](C)(C)C)n3ncc(I)c3n1)C2.CC(C)(C)OC(=O)N1C2CCCC1CC(c1cc(N(COCC[Si](C)(C)C)COCC[Si](C)(C)C)n3nccc3n1)C2. The summed E-state index contributed by atoms with van der Waals surface area (Å²) in [5.41, 5.74) is 2.83. The van der Waals surface area contributed by atoms with Gasteiger partial charge >= 0.3 is 12.2 Å². The van der Waals surface area contributed by atoms with Crippen LogP contribution in [0.4, 0.5) is 21.2 Å². The zero-order valence-electron chi connectivity index (χ0n) is 55.5. The van der Waals surface area contributed by atoms with Crippen molar-refractivity contribution in [2.24, 2.45) is 0 Å². The minimum Gasteiger partial charge on any atom is -0.444 e. The second kappa shape index (κ2) is 29.2. The standard InChI is InChI=1S/C31H54IN5O4Si2.C31H55N5O4Si2/c1-31(2,3)41-30(38)36-24-11-10-12-25(36)18-23(17-24)27-19-28(37-29(34-27)26(32)20-33-37)35(21-39-13-15-42(4,5)6)22-40-14-16-43(7,8)9;1-31(2,3)40-30(37)35-25-11-10-12-26(35)20-24(19-25)27-21-29(36-28(33-27)13-14-32-36)34(22-38-15-17-41(4,5)6)23-39-16-18-42(7,8)9/h19-20,23-25H,10-18,21-22H2,1-9H3;13-14,21,24-26H,10-12,15-20,22-23H2,1-9H3. The van der Waals surface area contributed by atoms with E-state index < -0.39 is 43.5 Å². The zero-order valence-corrected chi connectivity index (χ0v) is 61.7. The van der Waals surface area contributed by atoms with Gasteiger partial charge in [0, 0.05) is 124 Å². The highest BCUT2D eigenvalue weighted by molar-refractivity contribution is 14.1. The maximum Gasteiger partial charge on any atom is 0.410 e. The Morgan fingerprint density at radius 2 is 0.894 bits per heavy atom. The first-order valence-corrected chi connectivity index (χ1v) is 47.7. The largest absolute Gasteiger partial charge is 0.444 e. The van der Waals surface area contributed by atoms with Crippen LogP contribution in [-0.2, 0) is 28.4 Å². The van der Waals surface area contributed by atoms with Crippen molar-refractivity contribution in [2.75, 3.05) is 63.2 Å². The smallest absolute Gasteiger partial charge is 0.410 e. The molecule has 2 amide bonds. The van der Waals surface area contributed by atoms with Gasteiger partial charge in [-0.2, -0.15) is 19.2 Å². The number of carbonyl (C=O) groups is 2. The number of anilines is 2. The minimum atomic E-state index is -1.21. The van der Waals surface area contributed by atoms with Gasteiger partial charge in [0.15, 0.2) is 11.3 Å². The molecule has 4 bridgehead atoms. The summed E-state index contributed by atoms with van der Waals surface area (Å²) in [6.45, 7) is 44.9. The zero-order chi connectivity index (χ0) is 62.3. The molecule has 0 aliphatic carbocycles. The molecule has 0 spiro atoms. The van der Waals surface area contributed by atoms with Crippen LogP contribution >= 0.6 is 22.6 Å². The van der Waals surface area contributed by atoms with Crippen molar-refractivity contribution < 1.29 is 38.0 Å². The topological polar surface area (TPSA) is 163 Å². The van der Waals surface area contributed by atoms with Gasteiger partial charge in [0.1, 0.15) is 49.8 Å². The molecule has 8 heterocycles. The summed E-state index contributed by atoms with van der Waals surface area (Å²) in [6, 6.07) is 11.5. The molecule has 0 radical (unpaired) electrons. The Kier molecular flexibility index (Phi) is 23.8. The van der Waals surface area contributed by atoms with Gasteiger partial charge < -0.3 is 48.0 Å². The van der Waals surface area contributed by atoms with E-state index in [-0.39, 0.29) is 48.2 Å². The van der Waals surface area contributed by atoms with Crippen molar-refractivity contribution in [3.8, 4) is 0 Å². The van der Waals surface area contributed by atoms with E-state index in [4.69, 9.17) is 43.5 Å². The number of piperidine rings is 4. The molecule has 85 heavy (non-hydrogen) atoms. The van der Waals surface area contributed by atoms with E-state index in [2.05, 4.69) is 128 Å². The molecule has 8 rings (SSSR count). The molecule has 4 aromatic heterocycles. The fraction of sp³-hybridized carbons (Fsp3) is 0.774. The summed E-state index contributed by atoms with van der Waals surface area (Å²) >= 11 is 2.33. The van der Waals surface area contributed by atoms with Crippen LogP contribution in [-0.4, -0.2) is 172 Å². The van der Waals surface area contributed by atoms with Crippen molar-refractivity contribution in [1.29, 1.82) is 0 Å². The fourth-order valence-corrected chi connectivity index (χ4v) is 15.2. The molecule has 4 fully saturated rings. The third kappa shape index (κ3) is 21.2. The van der Waals surface area contributed by atoms with Gasteiger partial charge in [-0.3, -0.25) is 0 Å². The van der Waals surface area contributed by atoms with Crippen LogP contribution in [0.5, 0.6) is 0 Å². The molecule has 0 saturated carbocycles.